The number of carbonyl (C=O) groups excluding carboxylic acids is 3. The van der Waals surface area contributed by atoms with Crippen molar-refractivity contribution in [2.45, 2.75) is 38.9 Å². The maximum Gasteiger partial charge on any atom is 0.409 e. The van der Waals surface area contributed by atoms with E-state index in [2.05, 4.69) is 10.6 Å². The van der Waals surface area contributed by atoms with E-state index in [9.17, 15) is 27.6 Å². The first-order valence-electron chi connectivity index (χ1n) is 11.0. The van der Waals surface area contributed by atoms with Gasteiger partial charge in [0.1, 0.15) is 6.04 Å². The molecule has 0 aliphatic carbocycles. The molecule has 182 valence electrons. The number of alkyl halides is 3. The number of halogens is 3. The molecule has 2 aromatic carbocycles. The second-order valence-electron chi connectivity index (χ2n) is 8.16. The summed E-state index contributed by atoms with van der Waals surface area (Å²) in [4.78, 5) is 40.2. The first kappa shape index (κ1) is 25.2. The second-order valence-corrected chi connectivity index (χ2v) is 8.16. The molecule has 0 bridgehead atoms. The summed E-state index contributed by atoms with van der Waals surface area (Å²) in [5.41, 5.74) is 1.59. The number of hydrogen-bond donors (Lipinski definition) is 2. The average molecular weight is 476 g/mol. The topological polar surface area (TPSA) is 81.8 Å². The zero-order valence-electron chi connectivity index (χ0n) is 19.0. The van der Waals surface area contributed by atoms with Crippen LogP contribution in [0.25, 0.3) is 0 Å². The molecule has 0 fully saturated rings. The lowest BCUT2D eigenvalue weighted by molar-refractivity contribution is -0.158. The predicted molar refractivity (Wildman–Crippen MR) is 124 cm³/mol. The summed E-state index contributed by atoms with van der Waals surface area (Å²) in [6.45, 7) is 3.43. The normalized spacial score (nSPS) is 16.0. The van der Waals surface area contributed by atoms with Gasteiger partial charge < -0.3 is 10.6 Å². The molecule has 2 N–H and O–H groups in total. The molecule has 2 aromatic rings. The zero-order chi connectivity index (χ0) is 24.9. The van der Waals surface area contributed by atoms with Crippen LogP contribution in [0.3, 0.4) is 0 Å². The Morgan fingerprint density at radius 1 is 1.12 bits per heavy atom. The minimum absolute atomic E-state index is 0.0264. The highest BCUT2D eigenvalue weighted by Gasteiger charge is 2.49. The SMILES string of the molecule is CCCN(CC(=O)Nc1ccccc1C)CC(=O)N1c2ccccc2NC(=O)CC1C(F)(F)F. The maximum atomic E-state index is 13.9. The molecule has 0 radical (unpaired) electrons. The van der Waals surface area contributed by atoms with E-state index in [1.807, 2.05) is 26.0 Å². The molecule has 34 heavy (non-hydrogen) atoms. The molecule has 1 atom stereocenters. The summed E-state index contributed by atoms with van der Waals surface area (Å²) < 4.78 is 41.8. The van der Waals surface area contributed by atoms with Crippen molar-refractivity contribution in [1.82, 2.24) is 4.90 Å². The van der Waals surface area contributed by atoms with E-state index in [1.165, 1.54) is 23.1 Å². The number of amides is 3. The summed E-state index contributed by atoms with van der Waals surface area (Å²) >= 11 is 0. The van der Waals surface area contributed by atoms with Crippen molar-refractivity contribution < 1.29 is 27.6 Å². The largest absolute Gasteiger partial charge is 0.409 e. The molecule has 0 saturated carbocycles. The molecule has 1 aliphatic heterocycles. The molecule has 0 aromatic heterocycles. The highest BCUT2D eigenvalue weighted by Crippen LogP contribution is 2.37. The number of benzene rings is 2. The Morgan fingerprint density at radius 3 is 2.47 bits per heavy atom. The lowest BCUT2D eigenvalue weighted by Crippen LogP contribution is -2.53. The fourth-order valence-electron chi connectivity index (χ4n) is 3.90. The van der Waals surface area contributed by atoms with Crippen LogP contribution in [0.5, 0.6) is 0 Å². The van der Waals surface area contributed by atoms with Gasteiger partial charge in [0.05, 0.1) is 30.9 Å². The van der Waals surface area contributed by atoms with Crippen molar-refractivity contribution in [3.8, 4) is 0 Å². The number of nitrogens with zero attached hydrogens (tertiary/aromatic N) is 2. The fourth-order valence-corrected chi connectivity index (χ4v) is 3.90. The summed E-state index contributed by atoms with van der Waals surface area (Å²) in [5, 5.41) is 5.22. The Bertz CT molecular complexity index is 1060. The highest BCUT2D eigenvalue weighted by atomic mass is 19.4. The van der Waals surface area contributed by atoms with Crippen LogP contribution in [0.15, 0.2) is 48.5 Å². The smallest absolute Gasteiger partial charge is 0.325 e. The van der Waals surface area contributed by atoms with Crippen LogP contribution in [0.2, 0.25) is 0 Å². The molecular formula is C24H27F3N4O3. The van der Waals surface area contributed by atoms with Crippen LogP contribution in [0, 0.1) is 6.92 Å². The molecule has 3 rings (SSSR count). The maximum absolute atomic E-state index is 13.9. The Kier molecular flexibility index (Phi) is 7.93. The highest BCUT2D eigenvalue weighted by molar-refractivity contribution is 6.05. The number of fused-ring (bicyclic) bond motifs is 1. The van der Waals surface area contributed by atoms with Crippen molar-refractivity contribution in [1.29, 1.82) is 0 Å². The van der Waals surface area contributed by atoms with Crippen molar-refractivity contribution in [2.75, 3.05) is 35.2 Å². The monoisotopic (exact) mass is 476 g/mol. The summed E-state index contributed by atoms with van der Waals surface area (Å²) in [6, 6.07) is 10.8. The van der Waals surface area contributed by atoms with Crippen LogP contribution < -0.4 is 15.5 Å². The Labute approximate surface area is 195 Å². The van der Waals surface area contributed by atoms with Crippen molar-refractivity contribution >= 4 is 34.8 Å². The third-order valence-electron chi connectivity index (χ3n) is 5.46. The molecule has 10 heteroatoms. The molecule has 1 unspecified atom stereocenters. The zero-order valence-corrected chi connectivity index (χ0v) is 19.0. The van der Waals surface area contributed by atoms with E-state index >= 15 is 0 Å². The van der Waals surface area contributed by atoms with Gasteiger partial charge in [0, 0.05) is 5.69 Å². The van der Waals surface area contributed by atoms with Crippen LogP contribution >= 0.6 is 0 Å². The Balaban J connectivity index is 1.83. The van der Waals surface area contributed by atoms with Gasteiger partial charge in [-0.1, -0.05) is 37.3 Å². The lowest BCUT2D eigenvalue weighted by Gasteiger charge is -2.33. The quantitative estimate of drug-likeness (QED) is 0.634. The van der Waals surface area contributed by atoms with Crippen LogP contribution in [-0.4, -0.2) is 54.5 Å². The van der Waals surface area contributed by atoms with E-state index in [0.717, 1.165) is 5.56 Å². The molecule has 7 nitrogen and oxygen atoms in total. The number of nitrogens with one attached hydrogen (secondary N) is 2. The van der Waals surface area contributed by atoms with Gasteiger partial charge in [0.25, 0.3) is 0 Å². The van der Waals surface area contributed by atoms with Gasteiger partial charge in [0.15, 0.2) is 0 Å². The average Bonchev–Trinajstić information content (AvgIpc) is 2.91. The Morgan fingerprint density at radius 2 is 1.79 bits per heavy atom. The summed E-state index contributed by atoms with van der Waals surface area (Å²) in [6.07, 6.45) is -5.14. The van der Waals surface area contributed by atoms with Gasteiger partial charge >= 0.3 is 6.18 Å². The minimum Gasteiger partial charge on any atom is -0.325 e. The van der Waals surface area contributed by atoms with Crippen LogP contribution in [0.1, 0.15) is 25.3 Å². The van der Waals surface area contributed by atoms with Crippen molar-refractivity contribution in [3.05, 3.63) is 54.1 Å². The van der Waals surface area contributed by atoms with Crippen LogP contribution in [-0.2, 0) is 14.4 Å². The van der Waals surface area contributed by atoms with Crippen molar-refractivity contribution in [3.63, 3.8) is 0 Å². The van der Waals surface area contributed by atoms with Gasteiger partial charge in [-0.3, -0.25) is 24.2 Å². The van der Waals surface area contributed by atoms with E-state index < -0.39 is 37.0 Å². The molecule has 1 aliphatic rings. The van der Waals surface area contributed by atoms with Crippen LogP contribution in [0.4, 0.5) is 30.2 Å². The lowest BCUT2D eigenvalue weighted by atomic mass is 10.1. The van der Waals surface area contributed by atoms with E-state index in [0.29, 0.717) is 23.6 Å². The van der Waals surface area contributed by atoms with Crippen molar-refractivity contribution in [2.24, 2.45) is 0 Å². The summed E-state index contributed by atoms with van der Waals surface area (Å²) in [5.74, 6) is -2.05. The number of hydrogen-bond acceptors (Lipinski definition) is 4. The molecule has 0 spiro atoms. The number of aryl methyl sites for hydroxylation is 1. The number of anilines is 3. The minimum atomic E-state index is -4.82. The third-order valence-corrected chi connectivity index (χ3v) is 5.46. The number of rotatable bonds is 7. The van der Waals surface area contributed by atoms with E-state index in [4.69, 9.17) is 0 Å². The van der Waals surface area contributed by atoms with E-state index in [1.54, 1.807) is 18.2 Å². The van der Waals surface area contributed by atoms with Gasteiger partial charge in [-0.15, -0.1) is 0 Å². The second kappa shape index (κ2) is 10.7. The molecule has 1 heterocycles. The first-order chi connectivity index (χ1) is 16.1. The van der Waals surface area contributed by atoms with Gasteiger partial charge in [-0.05, 0) is 43.7 Å². The Hall–Kier alpha value is -3.40. The number of para-hydroxylation sites is 3. The fraction of sp³-hybridized carbons (Fsp3) is 0.375. The molecule has 3 amide bonds. The first-order valence-corrected chi connectivity index (χ1v) is 11.0. The van der Waals surface area contributed by atoms with Gasteiger partial charge in [-0.2, -0.15) is 13.2 Å². The molecule has 0 saturated heterocycles. The third kappa shape index (κ3) is 6.13. The van der Waals surface area contributed by atoms with E-state index in [-0.39, 0.29) is 23.8 Å². The summed E-state index contributed by atoms with van der Waals surface area (Å²) in [7, 11) is 0. The van der Waals surface area contributed by atoms with Gasteiger partial charge in [-0.25, -0.2) is 0 Å². The standard InChI is InChI=1S/C24H27F3N4O3/c1-3-12-30(14-22(33)28-17-9-5-4-8-16(17)2)15-23(34)31-19-11-7-6-10-18(19)29-21(32)13-20(31)24(25,26)27/h4-11,20H,3,12-15H2,1-2H3,(H,28,33)(H,29,32). The van der Waals surface area contributed by atoms with Gasteiger partial charge in [0.2, 0.25) is 17.7 Å². The predicted octanol–water partition coefficient (Wildman–Crippen LogP) is 3.95. The molecular weight excluding hydrogens is 449 g/mol. The number of carbonyl (C=O) groups is 3.